The molecule has 2 aromatic rings. The smallest absolute Gasteiger partial charge is 0.410 e. The quantitative estimate of drug-likeness (QED) is 0.484. The number of rotatable bonds is 9. The maximum atomic E-state index is 13.0. The second-order valence-corrected chi connectivity index (χ2v) is 10.9. The number of carbonyl (C=O) groups is 2. The van der Waals surface area contributed by atoms with Gasteiger partial charge in [-0.05, 0) is 50.5 Å². The predicted octanol–water partition coefficient (Wildman–Crippen LogP) is 4.40. The van der Waals surface area contributed by atoms with E-state index in [2.05, 4.69) is 23.9 Å². The van der Waals surface area contributed by atoms with Gasteiger partial charge < -0.3 is 19.1 Å². The van der Waals surface area contributed by atoms with E-state index in [0.717, 1.165) is 58.0 Å². The monoisotopic (exact) mass is 490 g/mol. The van der Waals surface area contributed by atoms with Crippen LogP contribution in [0, 0.1) is 5.92 Å². The van der Waals surface area contributed by atoms with Crippen molar-refractivity contribution in [3.05, 3.63) is 60.3 Å². The molecule has 1 aromatic heterocycles. The van der Waals surface area contributed by atoms with E-state index < -0.39 is 0 Å². The Morgan fingerprint density at radius 3 is 2.58 bits per heavy atom. The van der Waals surface area contributed by atoms with Gasteiger partial charge in [0.15, 0.2) is 5.82 Å². The van der Waals surface area contributed by atoms with Gasteiger partial charge in [0.1, 0.15) is 6.61 Å². The molecule has 1 aromatic carbocycles. The Balaban J connectivity index is 1.13. The van der Waals surface area contributed by atoms with Gasteiger partial charge in [-0.15, -0.1) is 0 Å². The molecule has 0 bridgehead atoms. The third-order valence-electron chi connectivity index (χ3n) is 8.27. The van der Waals surface area contributed by atoms with Crippen LogP contribution in [0.15, 0.2) is 47.5 Å². The SMILES string of the molecule is C=CCOC(=O)N(CC1(c2noc(C3CCN(C(=O)C4CC4)CC3)n2)CC1)[C@H]1CC1c1ccccc1. The summed E-state index contributed by atoms with van der Waals surface area (Å²) in [5, 5.41) is 4.39. The summed E-state index contributed by atoms with van der Waals surface area (Å²) >= 11 is 0. The van der Waals surface area contributed by atoms with Gasteiger partial charge in [0.25, 0.3) is 0 Å². The van der Waals surface area contributed by atoms with Gasteiger partial charge in [-0.25, -0.2) is 4.79 Å². The summed E-state index contributed by atoms with van der Waals surface area (Å²) in [5.41, 5.74) is 0.976. The summed E-state index contributed by atoms with van der Waals surface area (Å²) in [6.07, 6.45) is 7.86. The van der Waals surface area contributed by atoms with Crippen molar-refractivity contribution in [1.29, 1.82) is 0 Å². The molecule has 3 aliphatic carbocycles. The number of hydrogen-bond donors (Lipinski definition) is 0. The Morgan fingerprint density at radius 1 is 1.17 bits per heavy atom. The average Bonchev–Trinajstić information content (AvgIpc) is 3.82. The summed E-state index contributed by atoms with van der Waals surface area (Å²) in [6, 6.07) is 10.5. The lowest BCUT2D eigenvalue weighted by atomic mass is 9.96. The number of ether oxygens (including phenoxy) is 1. The normalized spacial score (nSPS) is 24.7. The van der Waals surface area contributed by atoms with E-state index in [4.69, 9.17) is 14.2 Å². The van der Waals surface area contributed by atoms with Crippen molar-refractivity contribution < 1.29 is 18.8 Å². The lowest BCUT2D eigenvalue weighted by Gasteiger charge is -2.30. The fraction of sp³-hybridized carbons (Fsp3) is 0.571. The average molecular weight is 491 g/mol. The van der Waals surface area contributed by atoms with E-state index >= 15 is 0 Å². The molecule has 4 fully saturated rings. The first-order valence-corrected chi connectivity index (χ1v) is 13.3. The number of piperidine rings is 1. The van der Waals surface area contributed by atoms with Crippen LogP contribution in [-0.4, -0.2) is 64.2 Å². The van der Waals surface area contributed by atoms with E-state index in [-0.39, 0.29) is 36.0 Å². The maximum absolute atomic E-state index is 13.0. The van der Waals surface area contributed by atoms with E-state index in [1.165, 1.54) is 5.56 Å². The molecule has 4 aliphatic rings. The molecular formula is C28H34N4O4. The first kappa shape index (κ1) is 23.3. The van der Waals surface area contributed by atoms with Crippen LogP contribution in [0.4, 0.5) is 4.79 Å². The van der Waals surface area contributed by atoms with E-state index in [0.29, 0.717) is 30.1 Å². The highest BCUT2D eigenvalue weighted by molar-refractivity contribution is 5.81. The van der Waals surface area contributed by atoms with Crippen LogP contribution in [0.1, 0.15) is 74.1 Å². The molecule has 3 saturated carbocycles. The summed E-state index contributed by atoms with van der Waals surface area (Å²) in [6.45, 7) is 5.92. The van der Waals surface area contributed by atoms with Crippen LogP contribution < -0.4 is 0 Å². The Labute approximate surface area is 211 Å². The lowest BCUT2D eigenvalue weighted by Crippen LogP contribution is -2.40. The zero-order valence-corrected chi connectivity index (χ0v) is 20.7. The summed E-state index contributed by atoms with van der Waals surface area (Å²) in [5.74, 6) is 2.46. The zero-order valence-electron chi connectivity index (χ0n) is 20.7. The molecule has 8 heteroatoms. The van der Waals surface area contributed by atoms with Gasteiger partial charge in [0, 0.05) is 43.4 Å². The van der Waals surface area contributed by atoms with E-state index in [1.807, 2.05) is 28.0 Å². The van der Waals surface area contributed by atoms with E-state index in [1.54, 1.807) is 6.08 Å². The van der Waals surface area contributed by atoms with Crippen LogP contribution in [0.3, 0.4) is 0 Å². The number of nitrogens with zero attached hydrogens (tertiary/aromatic N) is 4. The molecule has 190 valence electrons. The third-order valence-corrected chi connectivity index (χ3v) is 8.27. The van der Waals surface area contributed by atoms with Crippen LogP contribution >= 0.6 is 0 Å². The van der Waals surface area contributed by atoms with Crippen molar-refractivity contribution in [3.8, 4) is 0 Å². The highest BCUT2D eigenvalue weighted by atomic mass is 16.6. The van der Waals surface area contributed by atoms with Gasteiger partial charge in [-0.3, -0.25) is 4.79 Å². The van der Waals surface area contributed by atoms with Crippen molar-refractivity contribution in [2.24, 2.45) is 5.92 Å². The number of hydrogen-bond acceptors (Lipinski definition) is 6. The number of carbonyl (C=O) groups excluding carboxylic acids is 2. The molecule has 1 saturated heterocycles. The van der Waals surface area contributed by atoms with Crippen LogP contribution in [0.2, 0.25) is 0 Å². The minimum atomic E-state index is -0.305. The summed E-state index contributed by atoms with van der Waals surface area (Å²) < 4.78 is 11.2. The number of amides is 2. The molecule has 8 nitrogen and oxygen atoms in total. The van der Waals surface area contributed by atoms with Gasteiger partial charge >= 0.3 is 6.09 Å². The van der Waals surface area contributed by atoms with Crippen molar-refractivity contribution in [3.63, 3.8) is 0 Å². The summed E-state index contributed by atoms with van der Waals surface area (Å²) in [4.78, 5) is 34.1. The second kappa shape index (κ2) is 9.37. The Bertz CT molecular complexity index is 1120. The molecule has 0 N–H and O–H groups in total. The van der Waals surface area contributed by atoms with Gasteiger partial charge in [0.2, 0.25) is 11.8 Å². The molecule has 0 spiro atoms. The highest BCUT2D eigenvalue weighted by Gasteiger charge is 2.55. The second-order valence-electron chi connectivity index (χ2n) is 10.9. The van der Waals surface area contributed by atoms with Crippen LogP contribution in [0.25, 0.3) is 0 Å². The van der Waals surface area contributed by atoms with Gasteiger partial charge in [-0.1, -0.05) is 48.1 Å². The van der Waals surface area contributed by atoms with Gasteiger partial charge in [0.05, 0.1) is 5.41 Å². The fourth-order valence-corrected chi connectivity index (χ4v) is 5.60. The fourth-order valence-electron chi connectivity index (χ4n) is 5.60. The first-order chi connectivity index (χ1) is 17.6. The zero-order chi connectivity index (χ0) is 24.7. The summed E-state index contributed by atoms with van der Waals surface area (Å²) in [7, 11) is 0. The lowest BCUT2D eigenvalue weighted by molar-refractivity contribution is -0.133. The van der Waals surface area contributed by atoms with Crippen molar-refractivity contribution in [2.75, 3.05) is 26.2 Å². The molecule has 1 unspecified atom stereocenters. The molecular weight excluding hydrogens is 456 g/mol. The van der Waals surface area contributed by atoms with Crippen molar-refractivity contribution in [1.82, 2.24) is 19.9 Å². The number of likely N-dealkylation sites (tertiary alicyclic amines) is 1. The first-order valence-electron chi connectivity index (χ1n) is 13.3. The Morgan fingerprint density at radius 2 is 1.92 bits per heavy atom. The van der Waals surface area contributed by atoms with Crippen LogP contribution in [-0.2, 0) is 14.9 Å². The Hall–Kier alpha value is -3.16. The van der Waals surface area contributed by atoms with Crippen molar-refractivity contribution >= 4 is 12.0 Å². The Kier molecular flexibility index (Phi) is 6.05. The third kappa shape index (κ3) is 4.65. The molecule has 0 radical (unpaired) electrons. The largest absolute Gasteiger partial charge is 0.445 e. The standard InChI is InChI=1S/C28H34N4O4/c1-2-16-35-27(34)32(23-17-22(23)19-6-4-3-5-7-19)18-28(12-13-28)26-29-24(36-30-26)20-10-14-31(15-11-20)25(33)21-8-9-21/h2-7,20-23H,1,8-18H2/t22?,23-/m0/s1. The molecule has 1 aliphatic heterocycles. The van der Waals surface area contributed by atoms with E-state index in [9.17, 15) is 9.59 Å². The highest BCUT2D eigenvalue weighted by Crippen LogP contribution is 2.52. The molecule has 2 heterocycles. The minimum absolute atomic E-state index is 0.113. The number of aromatic nitrogens is 2. The van der Waals surface area contributed by atoms with Gasteiger partial charge in [-0.2, -0.15) is 4.98 Å². The molecule has 2 amide bonds. The topological polar surface area (TPSA) is 88.8 Å². The number of benzene rings is 1. The molecule has 36 heavy (non-hydrogen) atoms. The molecule has 2 atom stereocenters. The molecule has 6 rings (SSSR count). The van der Waals surface area contributed by atoms with Crippen LogP contribution in [0.5, 0.6) is 0 Å². The predicted molar refractivity (Wildman–Crippen MR) is 132 cm³/mol. The van der Waals surface area contributed by atoms with Crippen molar-refractivity contribution in [2.45, 2.75) is 68.2 Å². The maximum Gasteiger partial charge on any atom is 0.410 e. The minimum Gasteiger partial charge on any atom is -0.445 e.